The van der Waals surface area contributed by atoms with Gasteiger partial charge in [-0.05, 0) is 57.9 Å². The summed E-state index contributed by atoms with van der Waals surface area (Å²) in [7, 11) is 0. The number of hydrogen-bond donors (Lipinski definition) is 3. The summed E-state index contributed by atoms with van der Waals surface area (Å²) in [5.74, 6) is 1.45. The molecule has 0 amide bonds. The van der Waals surface area contributed by atoms with Gasteiger partial charge in [0.25, 0.3) is 0 Å². The molecule has 1 saturated heterocycles. The highest BCUT2D eigenvalue weighted by atomic mass is 127. The summed E-state index contributed by atoms with van der Waals surface area (Å²) in [5, 5.41) is 16.4. The van der Waals surface area contributed by atoms with Crippen molar-refractivity contribution in [2.75, 3.05) is 32.8 Å². The highest BCUT2D eigenvalue weighted by Crippen LogP contribution is 2.25. The van der Waals surface area contributed by atoms with Crippen molar-refractivity contribution in [1.82, 2.24) is 15.5 Å². The molecule has 0 bridgehead atoms. The number of nitrogens with one attached hydrogen (secondary N) is 2. The number of aliphatic imine (C=N–C) groups is 1. The third-order valence-corrected chi connectivity index (χ3v) is 5.97. The molecular weight excluding hydrogens is 451 g/mol. The normalized spacial score (nSPS) is 23.5. The molecule has 2 aliphatic rings. The van der Waals surface area contributed by atoms with Crippen LogP contribution in [0, 0.1) is 5.92 Å². The van der Waals surface area contributed by atoms with E-state index in [0.29, 0.717) is 12.0 Å². The minimum atomic E-state index is 0. The molecule has 160 valence electrons. The van der Waals surface area contributed by atoms with Crippen molar-refractivity contribution in [1.29, 1.82) is 0 Å². The fourth-order valence-corrected chi connectivity index (χ4v) is 4.55. The number of aliphatic hydroxyl groups is 1. The molecule has 2 rings (SSSR count). The molecule has 2 unspecified atom stereocenters. The monoisotopic (exact) mass is 494 g/mol. The minimum absolute atomic E-state index is 0. The first kappa shape index (κ1) is 25.0. The van der Waals surface area contributed by atoms with Crippen LogP contribution < -0.4 is 10.6 Å². The molecule has 1 heterocycles. The molecule has 0 aromatic heterocycles. The van der Waals surface area contributed by atoms with Gasteiger partial charge in [0.15, 0.2) is 5.96 Å². The van der Waals surface area contributed by atoms with E-state index in [2.05, 4.69) is 29.4 Å². The Morgan fingerprint density at radius 3 is 2.56 bits per heavy atom. The summed E-state index contributed by atoms with van der Waals surface area (Å²) >= 11 is 0. The zero-order valence-corrected chi connectivity index (χ0v) is 19.9. The van der Waals surface area contributed by atoms with Crippen LogP contribution in [0.25, 0.3) is 0 Å². The molecular formula is C21H43IN4O. The highest BCUT2D eigenvalue weighted by molar-refractivity contribution is 14.0. The molecule has 5 nitrogen and oxygen atoms in total. The molecule has 2 atom stereocenters. The van der Waals surface area contributed by atoms with Crippen LogP contribution in [-0.4, -0.2) is 60.8 Å². The second-order valence-corrected chi connectivity index (χ2v) is 8.16. The Bertz CT molecular complexity index is 396. The van der Waals surface area contributed by atoms with E-state index >= 15 is 0 Å². The van der Waals surface area contributed by atoms with Crippen LogP contribution in [-0.2, 0) is 0 Å². The largest absolute Gasteiger partial charge is 0.396 e. The summed E-state index contributed by atoms with van der Waals surface area (Å²) in [4.78, 5) is 7.58. The average Bonchev–Trinajstić information content (AvgIpc) is 2.67. The van der Waals surface area contributed by atoms with E-state index in [0.717, 1.165) is 50.9 Å². The number of halogens is 1. The van der Waals surface area contributed by atoms with Gasteiger partial charge in [0.05, 0.1) is 0 Å². The lowest BCUT2D eigenvalue weighted by atomic mass is 9.92. The summed E-state index contributed by atoms with van der Waals surface area (Å²) in [5.41, 5.74) is 0. The van der Waals surface area contributed by atoms with Gasteiger partial charge in [-0.25, -0.2) is 0 Å². The fraction of sp³-hybridized carbons (Fsp3) is 0.952. The SMILES string of the molecule is CCCC(CCO)CN=C(NCC)NC1CCCN(C2CCCCC2)C1.I. The zero-order valence-electron chi connectivity index (χ0n) is 17.6. The summed E-state index contributed by atoms with van der Waals surface area (Å²) in [6, 6.07) is 1.32. The van der Waals surface area contributed by atoms with E-state index in [9.17, 15) is 5.11 Å². The van der Waals surface area contributed by atoms with Crippen LogP contribution in [0.15, 0.2) is 4.99 Å². The second kappa shape index (κ2) is 14.9. The van der Waals surface area contributed by atoms with E-state index in [1.54, 1.807) is 0 Å². The Hall–Kier alpha value is -0.0800. The number of rotatable bonds is 9. The molecule has 1 aliphatic heterocycles. The fourth-order valence-electron chi connectivity index (χ4n) is 4.55. The maximum atomic E-state index is 9.26. The van der Waals surface area contributed by atoms with E-state index < -0.39 is 0 Å². The molecule has 1 aliphatic carbocycles. The Kier molecular flexibility index (Phi) is 13.7. The van der Waals surface area contributed by atoms with Crippen LogP contribution >= 0.6 is 24.0 Å². The van der Waals surface area contributed by atoms with Crippen molar-refractivity contribution < 1.29 is 5.11 Å². The first-order chi connectivity index (χ1) is 12.8. The maximum absolute atomic E-state index is 9.26. The van der Waals surface area contributed by atoms with E-state index in [-0.39, 0.29) is 30.6 Å². The first-order valence-corrected chi connectivity index (χ1v) is 11.2. The van der Waals surface area contributed by atoms with Crippen LogP contribution in [0.5, 0.6) is 0 Å². The smallest absolute Gasteiger partial charge is 0.191 e. The van der Waals surface area contributed by atoms with E-state index in [1.807, 2.05) is 0 Å². The van der Waals surface area contributed by atoms with E-state index in [1.165, 1.54) is 51.5 Å². The number of hydrogen-bond acceptors (Lipinski definition) is 3. The van der Waals surface area contributed by atoms with Crippen molar-refractivity contribution >= 4 is 29.9 Å². The first-order valence-electron chi connectivity index (χ1n) is 11.2. The molecule has 0 aromatic carbocycles. The molecule has 6 heteroatoms. The van der Waals surface area contributed by atoms with Crippen LogP contribution in [0.3, 0.4) is 0 Å². The average molecular weight is 495 g/mol. The Labute approximate surface area is 184 Å². The Morgan fingerprint density at radius 1 is 1.11 bits per heavy atom. The highest BCUT2D eigenvalue weighted by Gasteiger charge is 2.27. The van der Waals surface area contributed by atoms with Gasteiger partial charge in [0, 0.05) is 38.3 Å². The molecule has 1 saturated carbocycles. The van der Waals surface area contributed by atoms with Gasteiger partial charge in [-0.2, -0.15) is 0 Å². The van der Waals surface area contributed by atoms with Crippen LogP contribution in [0.2, 0.25) is 0 Å². The van der Waals surface area contributed by atoms with Gasteiger partial charge in [0.1, 0.15) is 0 Å². The zero-order chi connectivity index (χ0) is 18.6. The number of aliphatic hydroxyl groups excluding tert-OH is 1. The van der Waals surface area contributed by atoms with Crippen LogP contribution in [0.1, 0.15) is 78.1 Å². The third-order valence-electron chi connectivity index (χ3n) is 5.97. The van der Waals surface area contributed by atoms with Crippen molar-refractivity contribution in [2.45, 2.75) is 90.1 Å². The molecule has 2 fully saturated rings. The predicted octanol–water partition coefficient (Wildman–Crippen LogP) is 3.76. The second-order valence-electron chi connectivity index (χ2n) is 8.16. The maximum Gasteiger partial charge on any atom is 0.191 e. The summed E-state index contributed by atoms with van der Waals surface area (Å²) in [6.45, 7) is 8.73. The van der Waals surface area contributed by atoms with Gasteiger partial charge in [0.2, 0.25) is 0 Å². The minimum Gasteiger partial charge on any atom is -0.396 e. The quantitative estimate of drug-likeness (QED) is 0.260. The number of likely N-dealkylation sites (tertiary alicyclic amines) is 1. The summed E-state index contributed by atoms with van der Waals surface area (Å²) < 4.78 is 0. The number of guanidine groups is 1. The number of piperidine rings is 1. The van der Waals surface area contributed by atoms with Gasteiger partial charge in [-0.1, -0.05) is 32.6 Å². The van der Waals surface area contributed by atoms with Gasteiger partial charge < -0.3 is 15.7 Å². The van der Waals surface area contributed by atoms with Gasteiger partial charge in [-0.3, -0.25) is 9.89 Å². The van der Waals surface area contributed by atoms with Crippen LogP contribution in [0.4, 0.5) is 0 Å². The Balaban J connectivity index is 0.00000364. The van der Waals surface area contributed by atoms with Crippen molar-refractivity contribution in [3.05, 3.63) is 0 Å². The molecule has 27 heavy (non-hydrogen) atoms. The predicted molar refractivity (Wildman–Crippen MR) is 126 cm³/mol. The summed E-state index contributed by atoms with van der Waals surface area (Å²) in [6.07, 6.45) is 12.7. The van der Waals surface area contributed by atoms with Crippen molar-refractivity contribution in [3.8, 4) is 0 Å². The van der Waals surface area contributed by atoms with Crippen molar-refractivity contribution in [3.63, 3.8) is 0 Å². The molecule has 0 radical (unpaired) electrons. The third kappa shape index (κ3) is 9.31. The topological polar surface area (TPSA) is 59.9 Å². The molecule has 3 N–H and O–H groups in total. The molecule has 0 aromatic rings. The van der Waals surface area contributed by atoms with Gasteiger partial charge in [-0.15, -0.1) is 24.0 Å². The Morgan fingerprint density at radius 2 is 1.89 bits per heavy atom. The number of nitrogens with zero attached hydrogens (tertiary/aromatic N) is 2. The van der Waals surface area contributed by atoms with E-state index in [4.69, 9.17) is 4.99 Å². The lowest BCUT2D eigenvalue weighted by Crippen LogP contribution is -2.53. The lowest BCUT2D eigenvalue weighted by molar-refractivity contribution is 0.115. The lowest BCUT2D eigenvalue weighted by Gasteiger charge is -2.40. The molecule has 0 spiro atoms. The van der Waals surface area contributed by atoms with Crippen molar-refractivity contribution in [2.24, 2.45) is 10.9 Å². The van der Waals surface area contributed by atoms with Gasteiger partial charge >= 0.3 is 0 Å². The standard InChI is InChI=1S/C21H42N4O.HI/c1-3-9-18(13-15-26)16-23-21(22-4-2)24-19-10-8-14-25(17-19)20-11-6-5-7-12-20;/h18-20,26H,3-17H2,1-2H3,(H2,22,23,24);1H.